The van der Waals surface area contributed by atoms with Crippen molar-refractivity contribution in [3.05, 3.63) is 12.4 Å². The van der Waals surface area contributed by atoms with Gasteiger partial charge in [-0.05, 0) is 25.2 Å². The van der Waals surface area contributed by atoms with E-state index in [0.717, 1.165) is 50.5 Å². The largest absolute Gasteiger partial charge is 0.396 e. The van der Waals surface area contributed by atoms with Gasteiger partial charge in [-0.25, -0.2) is 9.97 Å². The fourth-order valence-electron chi connectivity index (χ4n) is 2.59. The van der Waals surface area contributed by atoms with Crippen molar-refractivity contribution in [3.8, 4) is 0 Å². The zero-order valence-electron chi connectivity index (χ0n) is 11.9. The Hall–Kier alpha value is -1.36. The molecule has 0 aromatic carbocycles. The smallest absolute Gasteiger partial charge is 0.134 e. The molecule has 0 aliphatic carbocycles. The van der Waals surface area contributed by atoms with Crippen molar-refractivity contribution in [2.24, 2.45) is 5.92 Å². The summed E-state index contributed by atoms with van der Waals surface area (Å²) in [6.45, 7) is 5.34. The second kappa shape index (κ2) is 6.70. The minimum absolute atomic E-state index is 0.268. The third-order valence-electron chi connectivity index (χ3n) is 3.69. The Morgan fingerprint density at radius 2 is 2.32 bits per heavy atom. The molecule has 1 unspecified atom stereocenters. The molecule has 106 valence electrons. The lowest BCUT2D eigenvalue weighted by Gasteiger charge is -2.33. The van der Waals surface area contributed by atoms with E-state index in [4.69, 9.17) is 0 Å². The molecule has 5 nitrogen and oxygen atoms in total. The number of aliphatic hydroxyl groups is 1. The van der Waals surface area contributed by atoms with E-state index in [1.807, 2.05) is 0 Å². The zero-order chi connectivity index (χ0) is 13.7. The summed E-state index contributed by atoms with van der Waals surface area (Å²) in [4.78, 5) is 13.1. The van der Waals surface area contributed by atoms with E-state index in [0.29, 0.717) is 5.92 Å². The van der Waals surface area contributed by atoms with Crippen molar-refractivity contribution in [1.29, 1.82) is 0 Å². The molecule has 0 amide bonds. The number of aliphatic hydroxyl groups excluding tert-OH is 1. The molecule has 0 radical (unpaired) electrons. The first-order chi connectivity index (χ1) is 9.24. The van der Waals surface area contributed by atoms with Gasteiger partial charge < -0.3 is 14.9 Å². The number of piperidine rings is 1. The van der Waals surface area contributed by atoms with E-state index in [-0.39, 0.29) is 6.61 Å². The first kappa shape index (κ1) is 14.1. The molecule has 2 heterocycles. The van der Waals surface area contributed by atoms with E-state index in [1.54, 1.807) is 6.33 Å². The van der Waals surface area contributed by atoms with Crippen LogP contribution in [-0.2, 0) is 0 Å². The predicted molar refractivity (Wildman–Crippen MR) is 77.6 cm³/mol. The Balaban J connectivity index is 2.09. The summed E-state index contributed by atoms with van der Waals surface area (Å²) in [5, 5.41) is 9.30. The van der Waals surface area contributed by atoms with Crippen LogP contribution in [0.2, 0.25) is 0 Å². The van der Waals surface area contributed by atoms with Crippen LogP contribution >= 0.6 is 0 Å². The zero-order valence-corrected chi connectivity index (χ0v) is 11.9. The van der Waals surface area contributed by atoms with Gasteiger partial charge in [-0.3, -0.25) is 0 Å². The van der Waals surface area contributed by atoms with Crippen LogP contribution < -0.4 is 9.80 Å². The Kier molecular flexibility index (Phi) is 4.96. The van der Waals surface area contributed by atoms with Gasteiger partial charge >= 0.3 is 0 Å². The lowest BCUT2D eigenvalue weighted by Crippen LogP contribution is -2.37. The highest BCUT2D eigenvalue weighted by molar-refractivity contribution is 5.49. The minimum Gasteiger partial charge on any atom is -0.396 e. The van der Waals surface area contributed by atoms with E-state index in [1.165, 1.54) is 0 Å². The van der Waals surface area contributed by atoms with Gasteiger partial charge in [0, 0.05) is 39.4 Å². The summed E-state index contributed by atoms with van der Waals surface area (Å²) >= 11 is 0. The van der Waals surface area contributed by atoms with E-state index >= 15 is 0 Å². The van der Waals surface area contributed by atoms with Gasteiger partial charge in [0.1, 0.15) is 18.0 Å². The van der Waals surface area contributed by atoms with Crippen LogP contribution in [0, 0.1) is 5.92 Å². The number of aromatic nitrogens is 2. The number of anilines is 2. The molecule has 1 aliphatic rings. The number of hydrogen-bond donors (Lipinski definition) is 1. The minimum atomic E-state index is 0.268. The van der Waals surface area contributed by atoms with Crippen LogP contribution in [0.15, 0.2) is 12.4 Å². The summed E-state index contributed by atoms with van der Waals surface area (Å²) < 4.78 is 0. The number of rotatable bonds is 5. The molecule has 0 saturated carbocycles. The standard InChI is InChI=1S/C14H24N4O/c1-3-6-17(2)13-8-14(16-11-15-13)18-7-4-5-12(9-18)10-19/h8,11-12,19H,3-7,9-10H2,1-2H3. The molecule has 19 heavy (non-hydrogen) atoms. The molecule has 0 bridgehead atoms. The van der Waals surface area contributed by atoms with Gasteiger partial charge in [0.25, 0.3) is 0 Å². The van der Waals surface area contributed by atoms with Gasteiger partial charge in [0.05, 0.1) is 0 Å². The van der Waals surface area contributed by atoms with Crippen LogP contribution in [0.1, 0.15) is 26.2 Å². The monoisotopic (exact) mass is 264 g/mol. The topological polar surface area (TPSA) is 52.5 Å². The van der Waals surface area contributed by atoms with E-state index < -0.39 is 0 Å². The maximum absolute atomic E-state index is 9.30. The summed E-state index contributed by atoms with van der Waals surface area (Å²) in [5.41, 5.74) is 0. The van der Waals surface area contributed by atoms with Crippen LogP contribution in [0.25, 0.3) is 0 Å². The Labute approximate surface area is 115 Å². The highest BCUT2D eigenvalue weighted by Crippen LogP contribution is 2.23. The quantitative estimate of drug-likeness (QED) is 0.874. The summed E-state index contributed by atoms with van der Waals surface area (Å²) in [6, 6.07) is 2.05. The molecule has 1 N–H and O–H groups in total. The summed E-state index contributed by atoms with van der Waals surface area (Å²) in [6.07, 6.45) is 4.97. The van der Waals surface area contributed by atoms with Gasteiger partial charge in [0.15, 0.2) is 0 Å². The molecule has 1 aromatic heterocycles. The predicted octanol–water partition coefficient (Wildman–Crippen LogP) is 1.53. The van der Waals surface area contributed by atoms with Gasteiger partial charge in [-0.1, -0.05) is 6.92 Å². The molecule has 1 atom stereocenters. The van der Waals surface area contributed by atoms with Crippen molar-refractivity contribution in [2.45, 2.75) is 26.2 Å². The van der Waals surface area contributed by atoms with Crippen molar-refractivity contribution < 1.29 is 5.11 Å². The fraction of sp³-hybridized carbons (Fsp3) is 0.714. The Morgan fingerprint density at radius 3 is 3.05 bits per heavy atom. The van der Waals surface area contributed by atoms with Crippen molar-refractivity contribution in [1.82, 2.24) is 9.97 Å². The molecular weight excluding hydrogens is 240 g/mol. The third-order valence-corrected chi connectivity index (χ3v) is 3.69. The lowest BCUT2D eigenvalue weighted by molar-refractivity contribution is 0.208. The second-order valence-electron chi connectivity index (χ2n) is 5.29. The number of hydrogen-bond acceptors (Lipinski definition) is 5. The average Bonchev–Trinajstić information content (AvgIpc) is 2.48. The van der Waals surface area contributed by atoms with E-state index in [2.05, 4.69) is 39.8 Å². The van der Waals surface area contributed by atoms with Crippen molar-refractivity contribution in [2.75, 3.05) is 43.1 Å². The molecule has 1 aromatic rings. The van der Waals surface area contributed by atoms with Crippen LogP contribution in [0.3, 0.4) is 0 Å². The molecular formula is C14H24N4O. The maximum Gasteiger partial charge on any atom is 0.134 e. The third kappa shape index (κ3) is 3.56. The highest BCUT2D eigenvalue weighted by atomic mass is 16.3. The normalized spacial score (nSPS) is 19.5. The van der Waals surface area contributed by atoms with Crippen molar-refractivity contribution in [3.63, 3.8) is 0 Å². The SMILES string of the molecule is CCCN(C)c1cc(N2CCCC(CO)C2)ncn1. The number of nitrogens with zero attached hydrogens (tertiary/aromatic N) is 4. The highest BCUT2D eigenvalue weighted by Gasteiger charge is 2.20. The molecule has 5 heteroatoms. The lowest BCUT2D eigenvalue weighted by atomic mass is 9.99. The first-order valence-corrected chi connectivity index (χ1v) is 7.13. The van der Waals surface area contributed by atoms with Crippen LogP contribution in [0.4, 0.5) is 11.6 Å². The van der Waals surface area contributed by atoms with Gasteiger partial charge in [0.2, 0.25) is 0 Å². The van der Waals surface area contributed by atoms with Crippen LogP contribution in [0.5, 0.6) is 0 Å². The van der Waals surface area contributed by atoms with Gasteiger partial charge in [-0.15, -0.1) is 0 Å². The molecule has 1 fully saturated rings. The molecule has 2 rings (SSSR count). The van der Waals surface area contributed by atoms with Gasteiger partial charge in [-0.2, -0.15) is 0 Å². The first-order valence-electron chi connectivity index (χ1n) is 7.13. The maximum atomic E-state index is 9.30. The van der Waals surface area contributed by atoms with E-state index in [9.17, 15) is 5.11 Å². The fourth-order valence-corrected chi connectivity index (χ4v) is 2.59. The van der Waals surface area contributed by atoms with Crippen LogP contribution in [-0.4, -0.2) is 48.4 Å². The Bertz CT molecular complexity index is 399. The molecule has 1 aliphatic heterocycles. The Morgan fingerprint density at radius 1 is 1.47 bits per heavy atom. The average molecular weight is 264 g/mol. The molecule has 0 spiro atoms. The summed E-state index contributed by atoms with van der Waals surface area (Å²) in [7, 11) is 2.06. The molecule has 1 saturated heterocycles. The summed E-state index contributed by atoms with van der Waals surface area (Å²) in [5.74, 6) is 2.32. The second-order valence-corrected chi connectivity index (χ2v) is 5.29. The van der Waals surface area contributed by atoms with Crippen molar-refractivity contribution >= 4 is 11.6 Å².